The Bertz CT molecular complexity index is 974. The van der Waals surface area contributed by atoms with E-state index in [1.165, 1.54) is 24.6 Å². The zero-order valence-corrected chi connectivity index (χ0v) is 16.9. The standard InChI is InChI=1S/C18H20ClN3O5S/c1-26-14-8-13(9-15(11-14)27-2)21-18(23)20-12-4-5-16(19)17(10-12)22-6-3-7-28(22,24)25/h4-5,8-11H,3,6-7H2,1-2H3,(H2,20,21,23). The molecule has 0 spiro atoms. The Morgan fingerprint density at radius 1 is 1.04 bits per heavy atom. The van der Waals surface area contributed by atoms with E-state index in [1.807, 2.05) is 0 Å². The number of amides is 2. The van der Waals surface area contributed by atoms with E-state index in [-0.39, 0.29) is 5.75 Å². The molecular weight excluding hydrogens is 406 g/mol. The van der Waals surface area contributed by atoms with Crippen LogP contribution in [0.4, 0.5) is 21.9 Å². The summed E-state index contributed by atoms with van der Waals surface area (Å²) in [6.07, 6.45) is 0.536. The Labute approximate surface area is 168 Å². The summed E-state index contributed by atoms with van der Waals surface area (Å²) in [4.78, 5) is 12.4. The topological polar surface area (TPSA) is 97.0 Å². The number of urea groups is 1. The summed E-state index contributed by atoms with van der Waals surface area (Å²) in [5, 5.41) is 5.66. The van der Waals surface area contributed by atoms with Crippen LogP contribution in [0.25, 0.3) is 0 Å². The lowest BCUT2D eigenvalue weighted by Crippen LogP contribution is -2.26. The van der Waals surface area contributed by atoms with Crippen LogP contribution >= 0.6 is 11.6 Å². The number of halogens is 1. The quantitative estimate of drug-likeness (QED) is 0.763. The van der Waals surface area contributed by atoms with E-state index in [4.69, 9.17) is 21.1 Å². The fraction of sp³-hybridized carbons (Fsp3) is 0.278. The normalized spacial score (nSPS) is 15.2. The van der Waals surface area contributed by atoms with Crippen molar-refractivity contribution < 1.29 is 22.7 Å². The van der Waals surface area contributed by atoms with Crippen molar-refractivity contribution in [2.75, 3.05) is 41.5 Å². The number of carbonyl (C=O) groups is 1. The molecule has 3 rings (SSSR count). The SMILES string of the molecule is COc1cc(NC(=O)Nc2ccc(Cl)c(N3CCCS3(=O)=O)c2)cc(OC)c1. The van der Waals surface area contributed by atoms with Crippen LogP contribution in [0.2, 0.25) is 5.02 Å². The van der Waals surface area contributed by atoms with E-state index in [9.17, 15) is 13.2 Å². The lowest BCUT2D eigenvalue weighted by Gasteiger charge is -2.19. The Morgan fingerprint density at radius 2 is 1.68 bits per heavy atom. The molecule has 28 heavy (non-hydrogen) atoms. The molecule has 2 aromatic carbocycles. The molecule has 2 aromatic rings. The van der Waals surface area contributed by atoms with Gasteiger partial charge in [0.05, 0.1) is 30.7 Å². The minimum absolute atomic E-state index is 0.0825. The van der Waals surface area contributed by atoms with Crippen molar-refractivity contribution in [1.29, 1.82) is 0 Å². The first-order valence-electron chi connectivity index (χ1n) is 8.43. The highest BCUT2D eigenvalue weighted by molar-refractivity contribution is 7.93. The molecule has 1 fully saturated rings. The number of sulfonamides is 1. The minimum atomic E-state index is -3.38. The van der Waals surface area contributed by atoms with Crippen molar-refractivity contribution >= 4 is 44.7 Å². The van der Waals surface area contributed by atoms with Gasteiger partial charge in [-0.05, 0) is 24.6 Å². The fourth-order valence-electron chi connectivity index (χ4n) is 2.86. The molecule has 1 saturated heterocycles. The summed E-state index contributed by atoms with van der Waals surface area (Å²) < 4.78 is 35.9. The number of benzene rings is 2. The molecular formula is C18H20ClN3O5S. The van der Waals surface area contributed by atoms with E-state index < -0.39 is 16.1 Å². The first kappa shape index (κ1) is 20.1. The zero-order chi connectivity index (χ0) is 20.3. The summed E-state index contributed by atoms with van der Waals surface area (Å²) in [6, 6.07) is 9.16. The summed E-state index contributed by atoms with van der Waals surface area (Å²) in [5.74, 6) is 1.14. The third kappa shape index (κ3) is 4.42. The van der Waals surface area contributed by atoms with Crippen LogP contribution < -0.4 is 24.4 Å². The maximum atomic E-state index is 12.4. The summed E-state index contributed by atoms with van der Waals surface area (Å²) in [5.41, 5.74) is 1.24. The monoisotopic (exact) mass is 425 g/mol. The van der Waals surface area contributed by atoms with Crippen LogP contribution in [0, 0.1) is 0 Å². The van der Waals surface area contributed by atoms with Crippen molar-refractivity contribution in [3.63, 3.8) is 0 Å². The summed E-state index contributed by atoms with van der Waals surface area (Å²) in [7, 11) is -0.351. The average molecular weight is 426 g/mol. The van der Waals surface area contributed by atoms with Crippen molar-refractivity contribution in [2.45, 2.75) is 6.42 Å². The second kappa shape index (κ2) is 8.15. The van der Waals surface area contributed by atoms with Crippen molar-refractivity contribution in [2.24, 2.45) is 0 Å². The Kier molecular flexibility index (Phi) is 5.85. The molecule has 1 aliphatic rings. The van der Waals surface area contributed by atoms with Gasteiger partial charge < -0.3 is 20.1 Å². The van der Waals surface area contributed by atoms with Crippen LogP contribution in [-0.2, 0) is 10.0 Å². The third-order valence-electron chi connectivity index (χ3n) is 4.18. The van der Waals surface area contributed by atoms with E-state index in [1.54, 1.807) is 30.3 Å². The van der Waals surface area contributed by atoms with Gasteiger partial charge in [0.2, 0.25) is 10.0 Å². The lowest BCUT2D eigenvalue weighted by molar-refractivity contribution is 0.262. The lowest BCUT2D eigenvalue weighted by atomic mass is 10.2. The molecule has 0 radical (unpaired) electrons. The molecule has 1 heterocycles. The van der Waals surface area contributed by atoms with Gasteiger partial charge in [0.15, 0.2) is 0 Å². The number of hydrogen-bond donors (Lipinski definition) is 2. The summed E-state index contributed by atoms with van der Waals surface area (Å²) in [6.45, 7) is 0.362. The van der Waals surface area contributed by atoms with E-state index in [0.29, 0.717) is 46.5 Å². The van der Waals surface area contributed by atoms with Gasteiger partial charge in [0, 0.05) is 36.1 Å². The van der Waals surface area contributed by atoms with Gasteiger partial charge in [0.1, 0.15) is 11.5 Å². The average Bonchev–Trinajstić information content (AvgIpc) is 3.01. The number of carbonyl (C=O) groups excluding carboxylic acids is 1. The van der Waals surface area contributed by atoms with Gasteiger partial charge >= 0.3 is 6.03 Å². The maximum absolute atomic E-state index is 12.4. The Hall–Kier alpha value is -2.65. The van der Waals surface area contributed by atoms with Crippen LogP contribution in [0.15, 0.2) is 36.4 Å². The van der Waals surface area contributed by atoms with Crippen molar-refractivity contribution in [3.05, 3.63) is 41.4 Å². The second-order valence-corrected chi connectivity index (χ2v) is 8.51. The van der Waals surface area contributed by atoms with Gasteiger partial charge in [-0.2, -0.15) is 0 Å². The number of anilines is 3. The van der Waals surface area contributed by atoms with E-state index in [0.717, 1.165) is 0 Å². The number of methoxy groups -OCH3 is 2. The Balaban J connectivity index is 1.77. The molecule has 8 nitrogen and oxygen atoms in total. The number of hydrogen-bond acceptors (Lipinski definition) is 5. The van der Waals surface area contributed by atoms with Crippen LogP contribution in [0.3, 0.4) is 0 Å². The smallest absolute Gasteiger partial charge is 0.323 e. The molecule has 0 atom stereocenters. The summed E-state index contributed by atoms with van der Waals surface area (Å²) >= 11 is 6.17. The van der Waals surface area contributed by atoms with Gasteiger partial charge in [-0.1, -0.05) is 11.6 Å². The van der Waals surface area contributed by atoms with E-state index in [2.05, 4.69) is 10.6 Å². The first-order chi connectivity index (χ1) is 13.3. The minimum Gasteiger partial charge on any atom is -0.497 e. The Morgan fingerprint density at radius 3 is 2.25 bits per heavy atom. The van der Waals surface area contributed by atoms with Crippen LogP contribution in [-0.4, -0.2) is 41.0 Å². The molecule has 0 unspecified atom stereocenters. The van der Waals surface area contributed by atoms with Crippen LogP contribution in [0.1, 0.15) is 6.42 Å². The van der Waals surface area contributed by atoms with Crippen molar-refractivity contribution in [1.82, 2.24) is 0 Å². The third-order valence-corrected chi connectivity index (χ3v) is 6.36. The number of rotatable bonds is 5. The van der Waals surface area contributed by atoms with Crippen LogP contribution in [0.5, 0.6) is 11.5 Å². The van der Waals surface area contributed by atoms with Gasteiger partial charge in [0.25, 0.3) is 0 Å². The second-order valence-electron chi connectivity index (χ2n) is 6.09. The molecule has 0 aromatic heterocycles. The zero-order valence-electron chi connectivity index (χ0n) is 15.4. The van der Waals surface area contributed by atoms with Gasteiger partial charge in [-0.15, -0.1) is 0 Å². The largest absolute Gasteiger partial charge is 0.497 e. The number of nitrogens with zero attached hydrogens (tertiary/aromatic N) is 1. The highest BCUT2D eigenvalue weighted by atomic mass is 35.5. The molecule has 2 amide bonds. The molecule has 1 aliphatic heterocycles. The highest BCUT2D eigenvalue weighted by Crippen LogP contribution is 2.33. The maximum Gasteiger partial charge on any atom is 0.323 e. The molecule has 0 saturated carbocycles. The van der Waals surface area contributed by atoms with Gasteiger partial charge in [-0.3, -0.25) is 4.31 Å². The van der Waals surface area contributed by atoms with Gasteiger partial charge in [-0.25, -0.2) is 13.2 Å². The predicted molar refractivity (Wildman–Crippen MR) is 109 cm³/mol. The number of nitrogens with one attached hydrogen (secondary N) is 2. The molecule has 150 valence electrons. The number of ether oxygens (including phenoxy) is 2. The molecule has 2 N–H and O–H groups in total. The van der Waals surface area contributed by atoms with E-state index >= 15 is 0 Å². The van der Waals surface area contributed by atoms with Crippen molar-refractivity contribution in [3.8, 4) is 11.5 Å². The molecule has 0 aliphatic carbocycles. The molecule has 10 heteroatoms. The highest BCUT2D eigenvalue weighted by Gasteiger charge is 2.30. The fourth-order valence-corrected chi connectivity index (χ4v) is 4.71. The molecule has 0 bridgehead atoms. The predicted octanol–water partition coefficient (Wildman–Crippen LogP) is 3.54. The first-order valence-corrected chi connectivity index (χ1v) is 10.4.